The zero-order chi connectivity index (χ0) is 14.7. The standard InChI is InChI=1S/C17H26N2O2/c1-3-19-16(14-5-9-18-12-15(14)20-2)13-6-10-21-17(11-13)7-4-8-17/h5,9,12-13,16,19H,3-4,6-8,10-11H2,1-2H3. The summed E-state index contributed by atoms with van der Waals surface area (Å²) in [7, 11) is 1.72. The van der Waals surface area contributed by atoms with Gasteiger partial charge in [0.05, 0.1) is 18.9 Å². The molecule has 2 heterocycles. The van der Waals surface area contributed by atoms with Gasteiger partial charge in [0.1, 0.15) is 5.75 Å². The Kier molecular flexibility index (Phi) is 4.45. The van der Waals surface area contributed by atoms with E-state index in [9.17, 15) is 0 Å². The molecule has 3 rings (SSSR count). The molecule has 1 aliphatic heterocycles. The molecule has 0 radical (unpaired) electrons. The third-order valence-electron chi connectivity index (χ3n) is 5.06. The van der Waals surface area contributed by atoms with Crippen molar-refractivity contribution >= 4 is 0 Å². The number of hydrogen-bond acceptors (Lipinski definition) is 4. The first kappa shape index (κ1) is 14.8. The summed E-state index contributed by atoms with van der Waals surface area (Å²) in [6, 6.07) is 2.42. The molecular weight excluding hydrogens is 264 g/mol. The molecule has 4 heteroatoms. The van der Waals surface area contributed by atoms with Gasteiger partial charge in [-0.25, -0.2) is 0 Å². The van der Waals surface area contributed by atoms with Gasteiger partial charge >= 0.3 is 0 Å². The predicted molar refractivity (Wildman–Crippen MR) is 82.5 cm³/mol. The highest BCUT2D eigenvalue weighted by Crippen LogP contribution is 2.47. The lowest BCUT2D eigenvalue weighted by molar-refractivity contribution is -0.147. The van der Waals surface area contributed by atoms with Gasteiger partial charge in [-0.05, 0) is 50.6 Å². The molecule has 1 N–H and O–H groups in total. The summed E-state index contributed by atoms with van der Waals surface area (Å²) in [5.74, 6) is 1.49. The van der Waals surface area contributed by atoms with Crippen LogP contribution >= 0.6 is 0 Å². The van der Waals surface area contributed by atoms with E-state index in [4.69, 9.17) is 9.47 Å². The van der Waals surface area contributed by atoms with Crippen LogP contribution in [0.1, 0.15) is 50.6 Å². The lowest BCUT2D eigenvalue weighted by Crippen LogP contribution is -2.48. The SMILES string of the molecule is CCNC(c1ccncc1OC)C1CCOC2(CCC2)C1. The minimum Gasteiger partial charge on any atom is -0.495 e. The summed E-state index contributed by atoms with van der Waals surface area (Å²) in [6.07, 6.45) is 9.74. The second kappa shape index (κ2) is 6.32. The number of methoxy groups -OCH3 is 1. The fourth-order valence-corrected chi connectivity index (χ4v) is 3.84. The van der Waals surface area contributed by atoms with Crippen LogP contribution in [0.5, 0.6) is 5.75 Å². The molecule has 2 unspecified atom stereocenters. The van der Waals surface area contributed by atoms with Gasteiger partial charge in [-0.15, -0.1) is 0 Å². The molecule has 1 spiro atoms. The third kappa shape index (κ3) is 2.92. The van der Waals surface area contributed by atoms with Crippen LogP contribution in [0, 0.1) is 5.92 Å². The lowest BCUT2D eigenvalue weighted by atomic mass is 9.69. The Hall–Kier alpha value is -1.13. The van der Waals surface area contributed by atoms with Crippen molar-refractivity contribution in [3.63, 3.8) is 0 Å². The lowest BCUT2D eigenvalue weighted by Gasteiger charge is -2.49. The molecule has 2 fully saturated rings. The number of ether oxygens (including phenoxy) is 2. The molecule has 1 saturated carbocycles. The molecule has 116 valence electrons. The van der Waals surface area contributed by atoms with Gasteiger partial charge in [0.2, 0.25) is 0 Å². The van der Waals surface area contributed by atoms with Crippen LogP contribution in [0.2, 0.25) is 0 Å². The second-order valence-electron chi connectivity index (χ2n) is 6.29. The van der Waals surface area contributed by atoms with E-state index >= 15 is 0 Å². The zero-order valence-electron chi connectivity index (χ0n) is 13.1. The van der Waals surface area contributed by atoms with E-state index in [1.165, 1.54) is 24.8 Å². The van der Waals surface area contributed by atoms with Crippen LogP contribution in [0.4, 0.5) is 0 Å². The van der Waals surface area contributed by atoms with Crippen molar-refractivity contribution in [2.24, 2.45) is 5.92 Å². The minimum absolute atomic E-state index is 0.177. The third-order valence-corrected chi connectivity index (χ3v) is 5.06. The van der Waals surface area contributed by atoms with Crippen molar-refractivity contribution in [2.75, 3.05) is 20.3 Å². The van der Waals surface area contributed by atoms with Crippen LogP contribution in [-0.4, -0.2) is 30.8 Å². The maximum Gasteiger partial charge on any atom is 0.141 e. The van der Waals surface area contributed by atoms with Crippen LogP contribution in [-0.2, 0) is 4.74 Å². The van der Waals surface area contributed by atoms with Crippen molar-refractivity contribution in [1.82, 2.24) is 10.3 Å². The monoisotopic (exact) mass is 290 g/mol. The molecule has 1 saturated heterocycles. The number of pyridine rings is 1. The van der Waals surface area contributed by atoms with Crippen LogP contribution in [0.15, 0.2) is 18.5 Å². The average Bonchev–Trinajstić information content (AvgIpc) is 2.51. The van der Waals surface area contributed by atoms with Crippen molar-refractivity contribution in [1.29, 1.82) is 0 Å². The van der Waals surface area contributed by atoms with Gasteiger partial charge in [0.25, 0.3) is 0 Å². The highest BCUT2D eigenvalue weighted by atomic mass is 16.5. The van der Waals surface area contributed by atoms with Gasteiger partial charge in [-0.1, -0.05) is 6.92 Å². The Morgan fingerprint density at radius 2 is 2.38 bits per heavy atom. The van der Waals surface area contributed by atoms with E-state index in [0.29, 0.717) is 12.0 Å². The summed E-state index contributed by atoms with van der Waals surface area (Å²) in [5.41, 5.74) is 1.41. The highest BCUT2D eigenvalue weighted by molar-refractivity contribution is 5.33. The maximum absolute atomic E-state index is 6.08. The number of hydrogen-bond donors (Lipinski definition) is 1. The van der Waals surface area contributed by atoms with Gasteiger partial charge in [-0.2, -0.15) is 0 Å². The number of rotatable bonds is 5. The number of aromatic nitrogens is 1. The summed E-state index contributed by atoms with van der Waals surface area (Å²) in [5, 5.41) is 3.67. The molecule has 0 aromatic carbocycles. The summed E-state index contributed by atoms with van der Waals surface area (Å²) < 4.78 is 11.6. The van der Waals surface area contributed by atoms with E-state index < -0.39 is 0 Å². The molecule has 4 nitrogen and oxygen atoms in total. The predicted octanol–water partition coefficient (Wildman–Crippen LogP) is 3.09. The van der Waals surface area contributed by atoms with Gasteiger partial charge in [0.15, 0.2) is 0 Å². The average molecular weight is 290 g/mol. The molecule has 1 aromatic rings. The van der Waals surface area contributed by atoms with Crippen LogP contribution < -0.4 is 10.1 Å². The molecule has 21 heavy (non-hydrogen) atoms. The topological polar surface area (TPSA) is 43.4 Å². The first-order valence-corrected chi connectivity index (χ1v) is 8.13. The molecule has 0 bridgehead atoms. The van der Waals surface area contributed by atoms with Crippen molar-refractivity contribution in [3.05, 3.63) is 24.0 Å². The maximum atomic E-state index is 6.08. The Morgan fingerprint density at radius 1 is 1.52 bits per heavy atom. The zero-order valence-corrected chi connectivity index (χ0v) is 13.1. The quantitative estimate of drug-likeness (QED) is 0.905. The van der Waals surface area contributed by atoms with Crippen LogP contribution in [0.25, 0.3) is 0 Å². The Morgan fingerprint density at radius 3 is 3.05 bits per heavy atom. The summed E-state index contributed by atoms with van der Waals surface area (Å²) in [6.45, 7) is 4.01. The van der Waals surface area contributed by atoms with Gasteiger partial charge in [-0.3, -0.25) is 4.98 Å². The molecule has 1 aromatic heterocycles. The minimum atomic E-state index is 0.177. The molecule has 0 amide bonds. The van der Waals surface area contributed by atoms with E-state index in [-0.39, 0.29) is 5.60 Å². The van der Waals surface area contributed by atoms with E-state index in [2.05, 4.69) is 23.3 Å². The van der Waals surface area contributed by atoms with Crippen LogP contribution in [0.3, 0.4) is 0 Å². The van der Waals surface area contributed by atoms with Gasteiger partial charge in [0, 0.05) is 24.4 Å². The van der Waals surface area contributed by atoms with E-state index in [0.717, 1.165) is 31.7 Å². The Balaban J connectivity index is 1.83. The van der Waals surface area contributed by atoms with E-state index in [1.807, 2.05) is 12.4 Å². The molecular formula is C17H26N2O2. The Labute approximate surface area is 127 Å². The smallest absolute Gasteiger partial charge is 0.141 e. The fraction of sp³-hybridized carbons (Fsp3) is 0.706. The largest absolute Gasteiger partial charge is 0.495 e. The van der Waals surface area contributed by atoms with E-state index in [1.54, 1.807) is 7.11 Å². The van der Waals surface area contributed by atoms with Crippen molar-refractivity contribution in [2.45, 2.75) is 50.7 Å². The number of nitrogens with zero attached hydrogens (tertiary/aromatic N) is 1. The van der Waals surface area contributed by atoms with Crippen molar-refractivity contribution in [3.8, 4) is 5.75 Å². The van der Waals surface area contributed by atoms with Gasteiger partial charge < -0.3 is 14.8 Å². The highest BCUT2D eigenvalue weighted by Gasteiger charge is 2.44. The molecule has 2 aliphatic rings. The number of nitrogens with one attached hydrogen (secondary N) is 1. The Bertz CT molecular complexity index is 474. The normalized spacial score (nSPS) is 25.3. The summed E-state index contributed by atoms with van der Waals surface area (Å²) >= 11 is 0. The first-order valence-electron chi connectivity index (χ1n) is 8.13. The summed E-state index contributed by atoms with van der Waals surface area (Å²) in [4.78, 5) is 4.18. The fourth-order valence-electron chi connectivity index (χ4n) is 3.84. The second-order valence-corrected chi connectivity index (χ2v) is 6.29. The van der Waals surface area contributed by atoms with Crippen molar-refractivity contribution < 1.29 is 9.47 Å². The molecule has 1 aliphatic carbocycles. The molecule has 2 atom stereocenters. The first-order chi connectivity index (χ1) is 10.3.